The number of carbonyl (C=O) groups excluding carboxylic acids is 1. The third-order valence-electron chi connectivity index (χ3n) is 2.30. The molecule has 1 aliphatic heterocycles. The van der Waals surface area contributed by atoms with E-state index in [0.29, 0.717) is 17.9 Å². The van der Waals surface area contributed by atoms with E-state index in [1.165, 1.54) is 0 Å². The van der Waals surface area contributed by atoms with Crippen molar-refractivity contribution >= 4 is 11.5 Å². The second-order valence-corrected chi connectivity index (χ2v) is 3.36. The number of hydrogen-bond acceptors (Lipinski definition) is 3. The average Bonchev–Trinajstić information content (AvgIpc) is 2.72. The van der Waals surface area contributed by atoms with Crippen molar-refractivity contribution < 1.29 is 9.53 Å². The van der Waals surface area contributed by atoms with E-state index in [1.54, 1.807) is 18.5 Å². The van der Waals surface area contributed by atoms with Gasteiger partial charge in [-0.05, 0) is 12.5 Å². The number of nitrogens with two attached hydrogens (primary N) is 1. The van der Waals surface area contributed by atoms with Crippen LogP contribution in [-0.4, -0.2) is 17.5 Å². The third kappa shape index (κ3) is 1.98. The van der Waals surface area contributed by atoms with Crippen molar-refractivity contribution in [3.63, 3.8) is 0 Å². The fourth-order valence-corrected chi connectivity index (χ4v) is 1.65. The SMILES string of the molecule is NC(=O)/C(=C1/CCCO1)c1cccnc1. The van der Waals surface area contributed by atoms with Crippen LogP contribution in [0.3, 0.4) is 0 Å². The van der Waals surface area contributed by atoms with E-state index >= 15 is 0 Å². The van der Waals surface area contributed by atoms with E-state index in [2.05, 4.69) is 4.98 Å². The van der Waals surface area contributed by atoms with Crippen LogP contribution in [-0.2, 0) is 9.53 Å². The van der Waals surface area contributed by atoms with Crippen LogP contribution in [0, 0.1) is 0 Å². The topological polar surface area (TPSA) is 65.2 Å². The van der Waals surface area contributed by atoms with Gasteiger partial charge in [0.15, 0.2) is 0 Å². The molecule has 15 heavy (non-hydrogen) atoms. The Morgan fingerprint density at radius 2 is 2.40 bits per heavy atom. The molecule has 0 radical (unpaired) electrons. The van der Waals surface area contributed by atoms with Gasteiger partial charge in [-0.3, -0.25) is 9.78 Å². The minimum absolute atomic E-state index is 0.458. The number of amides is 1. The van der Waals surface area contributed by atoms with Gasteiger partial charge >= 0.3 is 0 Å². The van der Waals surface area contributed by atoms with Crippen LogP contribution in [0.25, 0.3) is 5.57 Å². The predicted molar refractivity (Wildman–Crippen MR) is 55.5 cm³/mol. The van der Waals surface area contributed by atoms with Crippen molar-refractivity contribution in [2.75, 3.05) is 6.61 Å². The Kier molecular flexibility index (Phi) is 2.67. The van der Waals surface area contributed by atoms with Gasteiger partial charge in [-0.1, -0.05) is 6.07 Å². The first kappa shape index (κ1) is 9.71. The summed E-state index contributed by atoms with van der Waals surface area (Å²) >= 11 is 0. The molecule has 0 bridgehead atoms. The van der Waals surface area contributed by atoms with Crippen LogP contribution >= 0.6 is 0 Å². The van der Waals surface area contributed by atoms with E-state index in [0.717, 1.165) is 18.4 Å². The highest BCUT2D eigenvalue weighted by molar-refractivity contribution is 6.19. The van der Waals surface area contributed by atoms with Gasteiger partial charge in [0, 0.05) is 24.4 Å². The Bertz CT molecular complexity index is 390. The molecule has 1 amide bonds. The molecule has 0 spiro atoms. The Morgan fingerprint density at radius 1 is 1.53 bits per heavy atom. The molecule has 1 aromatic heterocycles. The standard InChI is InChI=1S/C11H12N2O2/c12-11(14)10(9-4-2-6-15-9)8-3-1-5-13-7-8/h1,3,5,7H,2,4,6H2,(H2,12,14)/b10-9-. The molecule has 2 rings (SSSR count). The van der Waals surface area contributed by atoms with E-state index in [4.69, 9.17) is 10.5 Å². The molecule has 0 aliphatic carbocycles. The maximum absolute atomic E-state index is 11.3. The summed E-state index contributed by atoms with van der Waals surface area (Å²) in [4.78, 5) is 15.3. The van der Waals surface area contributed by atoms with Crippen molar-refractivity contribution in [3.8, 4) is 0 Å². The maximum Gasteiger partial charge on any atom is 0.252 e. The first-order chi connectivity index (χ1) is 7.29. The highest BCUT2D eigenvalue weighted by Crippen LogP contribution is 2.26. The van der Waals surface area contributed by atoms with E-state index in [1.807, 2.05) is 6.07 Å². The number of rotatable bonds is 2. The normalized spacial score (nSPS) is 18.4. The smallest absolute Gasteiger partial charge is 0.252 e. The van der Waals surface area contributed by atoms with Crippen molar-refractivity contribution in [1.29, 1.82) is 0 Å². The maximum atomic E-state index is 11.3. The van der Waals surface area contributed by atoms with Gasteiger partial charge in [-0.2, -0.15) is 0 Å². The number of allylic oxidation sites excluding steroid dienone is 1. The van der Waals surface area contributed by atoms with Gasteiger partial charge in [0.2, 0.25) is 0 Å². The molecule has 1 saturated heterocycles. The summed E-state index contributed by atoms with van der Waals surface area (Å²) in [5.74, 6) is 0.232. The summed E-state index contributed by atoms with van der Waals surface area (Å²) in [5, 5.41) is 0. The number of primary amides is 1. The van der Waals surface area contributed by atoms with E-state index in [9.17, 15) is 4.79 Å². The molecule has 1 aromatic rings. The van der Waals surface area contributed by atoms with Crippen LogP contribution in [0.2, 0.25) is 0 Å². The molecule has 78 valence electrons. The largest absolute Gasteiger partial charge is 0.497 e. The van der Waals surface area contributed by atoms with Gasteiger partial charge < -0.3 is 10.5 Å². The lowest BCUT2D eigenvalue weighted by Gasteiger charge is -2.07. The molecule has 2 N–H and O–H groups in total. The first-order valence-corrected chi connectivity index (χ1v) is 4.85. The lowest BCUT2D eigenvalue weighted by Crippen LogP contribution is -2.15. The molecule has 0 atom stereocenters. The Labute approximate surface area is 87.8 Å². The van der Waals surface area contributed by atoms with Gasteiger partial charge in [0.05, 0.1) is 12.2 Å². The highest BCUT2D eigenvalue weighted by Gasteiger charge is 2.19. The summed E-state index contributed by atoms with van der Waals surface area (Å²) in [5.41, 5.74) is 6.53. The fourth-order valence-electron chi connectivity index (χ4n) is 1.65. The predicted octanol–water partition coefficient (Wildman–Crippen LogP) is 1.09. The van der Waals surface area contributed by atoms with Crippen LogP contribution in [0.1, 0.15) is 18.4 Å². The van der Waals surface area contributed by atoms with Crippen molar-refractivity contribution in [3.05, 3.63) is 35.8 Å². The molecule has 0 unspecified atom stereocenters. The van der Waals surface area contributed by atoms with Crippen molar-refractivity contribution in [2.45, 2.75) is 12.8 Å². The minimum Gasteiger partial charge on any atom is -0.497 e. The Hall–Kier alpha value is -1.84. The second-order valence-electron chi connectivity index (χ2n) is 3.36. The molecule has 0 saturated carbocycles. The second kappa shape index (κ2) is 4.13. The van der Waals surface area contributed by atoms with Gasteiger partial charge in [0.25, 0.3) is 5.91 Å². The lowest BCUT2D eigenvalue weighted by molar-refractivity contribution is -0.112. The van der Waals surface area contributed by atoms with E-state index < -0.39 is 5.91 Å². The first-order valence-electron chi connectivity index (χ1n) is 4.85. The van der Waals surface area contributed by atoms with Gasteiger partial charge in [-0.25, -0.2) is 0 Å². The summed E-state index contributed by atoms with van der Waals surface area (Å²) < 4.78 is 5.38. The summed E-state index contributed by atoms with van der Waals surface area (Å²) in [6.07, 6.45) is 4.98. The lowest BCUT2D eigenvalue weighted by atomic mass is 10.1. The number of nitrogens with zero attached hydrogens (tertiary/aromatic N) is 1. The zero-order chi connectivity index (χ0) is 10.7. The number of carbonyl (C=O) groups is 1. The zero-order valence-corrected chi connectivity index (χ0v) is 8.27. The van der Waals surface area contributed by atoms with E-state index in [-0.39, 0.29) is 0 Å². The minimum atomic E-state index is -0.458. The van der Waals surface area contributed by atoms with Crippen LogP contribution < -0.4 is 5.73 Å². The van der Waals surface area contributed by atoms with Crippen molar-refractivity contribution in [2.24, 2.45) is 5.73 Å². The quantitative estimate of drug-likeness (QED) is 0.733. The number of pyridine rings is 1. The summed E-state index contributed by atoms with van der Waals surface area (Å²) in [7, 11) is 0. The molecule has 4 nitrogen and oxygen atoms in total. The summed E-state index contributed by atoms with van der Waals surface area (Å²) in [6.45, 7) is 0.659. The Balaban J connectivity index is 2.45. The molecular weight excluding hydrogens is 192 g/mol. The molecule has 1 fully saturated rings. The number of ether oxygens (including phenoxy) is 1. The zero-order valence-electron chi connectivity index (χ0n) is 8.27. The van der Waals surface area contributed by atoms with Crippen LogP contribution in [0.5, 0.6) is 0 Å². The van der Waals surface area contributed by atoms with Crippen LogP contribution in [0.4, 0.5) is 0 Å². The third-order valence-corrected chi connectivity index (χ3v) is 2.30. The highest BCUT2D eigenvalue weighted by atomic mass is 16.5. The average molecular weight is 204 g/mol. The molecule has 0 aromatic carbocycles. The molecule has 2 heterocycles. The van der Waals surface area contributed by atoms with Crippen LogP contribution in [0.15, 0.2) is 30.3 Å². The molecule has 1 aliphatic rings. The molecular formula is C11H12N2O2. The fraction of sp³-hybridized carbons (Fsp3) is 0.273. The monoisotopic (exact) mass is 204 g/mol. The number of aromatic nitrogens is 1. The van der Waals surface area contributed by atoms with Gasteiger partial charge in [-0.15, -0.1) is 0 Å². The molecule has 4 heteroatoms. The van der Waals surface area contributed by atoms with Crippen molar-refractivity contribution in [1.82, 2.24) is 4.98 Å². The summed E-state index contributed by atoms with van der Waals surface area (Å²) in [6, 6.07) is 3.58. The number of hydrogen-bond donors (Lipinski definition) is 1. The van der Waals surface area contributed by atoms with Gasteiger partial charge in [0.1, 0.15) is 5.76 Å². The Morgan fingerprint density at radius 3 is 2.93 bits per heavy atom.